The van der Waals surface area contributed by atoms with Crippen molar-refractivity contribution in [1.29, 1.82) is 0 Å². The van der Waals surface area contributed by atoms with Crippen LogP contribution in [0.5, 0.6) is 17.2 Å². The molecule has 0 aliphatic carbocycles. The molecule has 0 bridgehead atoms. The Bertz CT molecular complexity index is 1120. The molecule has 2 atom stereocenters. The molecule has 0 aromatic heterocycles. The summed E-state index contributed by atoms with van der Waals surface area (Å²) in [5, 5.41) is 14.0. The third kappa shape index (κ3) is 5.68. The van der Waals surface area contributed by atoms with Crippen molar-refractivity contribution in [3.63, 3.8) is 0 Å². The smallest absolute Gasteiger partial charge is 0.258 e. The maximum Gasteiger partial charge on any atom is 0.258 e. The second-order valence-electron chi connectivity index (χ2n) is 7.61. The molecule has 8 heteroatoms. The molecule has 2 unspecified atom stereocenters. The average Bonchev–Trinajstić information content (AvgIpc) is 3.35. The molecule has 1 amide bonds. The zero-order valence-electron chi connectivity index (χ0n) is 18.2. The lowest BCUT2D eigenvalue weighted by atomic mass is 10.0. The minimum Gasteiger partial charge on any atom is -0.504 e. The first kappa shape index (κ1) is 22.3. The molecule has 33 heavy (non-hydrogen) atoms. The van der Waals surface area contributed by atoms with E-state index in [9.17, 15) is 9.90 Å². The Morgan fingerprint density at radius 1 is 1.12 bits per heavy atom. The van der Waals surface area contributed by atoms with E-state index in [1.807, 2.05) is 54.6 Å². The highest BCUT2D eigenvalue weighted by Crippen LogP contribution is 2.28. The van der Waals surface area contributed by atoms with Crippen molar-refractivity contribution in [2.45, 2.75) is 25.1 Å². The molecule has 0 radical (unpaired) electrons. The van der Waals surface area contributed by atoms with Crippen LogP contribution in [0.4, 0.5) is 0 Å². The topological polar surface area (TPSA) is 104 Å². The van der Waals surface area contributed by atoms with Crippen LogP contribution >= 0.6 is 0 Å². The number of hydrazone groups is 1. The third-order valence-corrected chi connectivity index (χ3v) is 5.36. The van der Waals surface area contributed by atoms with Crippen molar-refractivity contribution >= 4 is 12.1 Å². The fourth-order valence-electron chi connectivity index (χ4n) is 3.56. The normalized spacial score (nSPS) is 17.7. The number of para-hydroxylation sites is 1. The summed E-state index contributed by atoms with van der Waals surface area (Å²) in [6, 6.07) is 22.4. The summed E-state index contributed by atoms with van der Waals surface area (Å²) < 4.78 is 11.0. The van der Waals surface area contributed by atoms with Crippen LogP contribution in [-0.2, 0) is 11.4 Å². The van der Waals surface area contributed by atoms with Crippen molar-refractivity contribution in [3.05, 3.63) is 89.5 Å². The largest absolute Gasteiger partial charge is 0.504 e. The molecule has 1 heterocycles. The minimum atomic E-state index is -0.458. The van der Waals surface area contributed by atoms with E-state index in [1.54, 1.807) is 18.2 Å². The number of nitrogens with zero attached hydrogens (tertiary/aromatic N) is 1. The van der Waals surface area contributed by atoms with Crippen molar-refractivity contribution in [1.82, 2.24) is 16.3 Å². The van der Waals surface area contributed by atoms with Gasteiger partial charge in [0, 0.05) is 11.6 Å². The molecule has 1 fully saturated rings. The Kier molecular flexibility index (Phi) is 7.19. The predicted molar refractivity (Wildman–Crippen MR) is 125 cm³/mol. The number of phenolic OH excluding ortho intramolecular Hbond substituents is 1. The lowest BCUT2D eigenvalue weighted by Gasteiger charge is -2.12. The number of phenols is 1. The highest BCUT2D eigenvalue weighted by molar-refractivity contribution is 5.87. The molecule has 1 aliphatic heterocycles. The van der Waals surface area contributed by atoms with Gasteiger partial charge >= 0.3 is 0 Å². The zero-order chi connectivity index (χ0) is 23.0. The van der Waals surface area contributed by atoms with Gasteiger partial charge in [-0.25, -0.2) is 16.3 Å². The second-order valence-corrected chi connectivity index (χ2v) is 7.61. The summed E-state index contributed by atoms with van der Waals surface area (Å²) in [6.07, 6.45) is 1.93. The van der Waals surface area contributed by atoms with Gasteiger partial charge < -0.3 is 14.6 Å². The highest BCUT2D eigenvalue weighted by atomic mass is 16.5. The fourth-order valence-corrected chi connectivity index (χ4v) is 3.56. The number of hydrogen-bond donors (Lipinski definition) is 4. The summed E-state index contributed by atoms with van der Waals surface area (Å²) in [5.74, 6) is 0.798. The lowest BCUT2D eigenvalue weighted by molar-refractivity contribution is -0.122. The summed E-state index contributed by atoms with van der Waals surface area (Å²) >= 11 is 0. The van der Waals surface area contributed by atoms with Crippen LogP contribution < -0.4 is 25.8 Å². The number of benzene rings is 3. The first-order valence-electron chi connectivity index (χ1n) is 10.6. The fraction of sp³-hybridized carbons (Fsp3) is 0.200. The SMILES string of the molecule is COc1cccc(/C=N/NC(=O)C2CC(c3cccc(OCc4ccccc4)c3)NN2)c1O. The highest BCUT2D eigenvalue weighted by Gasteiger charge is 2.30. The van der Waals surface area contributed by atoms with Crippen LogP contribution in [0, 0.1) is 0 Å². The second kappa shape index (κ2) is 10.6. The van der Waals surface area contributed by atoms with Gasteiger partial charge in [0.25, 0.3) is 5.91 Å². The van der Waals surface area contributed by atoms with Gasteiger partial charge in [-0.05, 0) is 41.8 Å². The van der Waals surface area contributed by atoms with Gasteiger partial charge in [0.2, 0.25) is 0 Å². The molecule has 3 aromatic carbocycles. The third-order valence-electron chi connectivity index (χ3n) is 5.36. The van der Waals surface area contributed by atoms with Gasteiger partial charge in [-0.15, -0.1) is 0 Å². The molecule has 0 spiro atoms. The standard InChI is InChI=1S/C25H26N4O4/c1-32-23-12-6-10-19(24(23)30)15-26-29-25(31)22-14-21(27-28-22)18-9-5-11-20(13-18)33-16-17-7-3-2-4-8-17/h2-13,15,21-22,27-28,30H,14,16H2,1H3,(H,29,31)/b26-15+. The van der Waals surface area contributed by atoms with E-state index in [2.05, 4.69) is 21.4 Å². The van der Waals surface area contributed by atoms with Crippen LogP contribution in [0.25, 0.3) is 0 Å². The van der Waals surface area contributed by atoms with Crippen LogP contribution in [0.2, 0.25) is 0 Å². The van der Waals surface area contributed by atoms with Crippen molar-refractivity contribution in [2.75, 3.05) is 7.11 Å². The summed E-state index contributed by atoms with van der Waals surface area (Å²) in [7, 11) is 1.47. The number of aromatic hydroxyl groups is 1. The summed E-state index contributed by atoms with van der Waals surface area (Å²) in [6.45, 7) is 0.493. The van der Waals surface area contributed by atoms with Crippen LogP contribution in [0.15, 0.2) is 77.9 Å². The van der Waals surface area contributed by atoms with E-state index in [4.69, 9.17) is 9.47 Å². The number of hydrazine groups is 1. The van der Waals surface area contributed by atoms with Crippen LogP contribution in [-0.4, -0.2) is 30.4 Å². The molecule has 4 N–H and O–H groups in total. The Hall–Kier alpha value is -3.88. The molecule has 4 rings (SSSR count). The van der Waals surface area contributed by atoms with E-state index in [1.165, 1.54) is 13.3 Å². The summed E-state index contributed by atoms with van der Waals surface area (Å²) in [5.41, 5.74) is 11.3. The van der Waals surface area contributed by atoms with Crippen LogP contribution in [0.1, 0.15) is 29.2 Å². The minimum absolute atomic E-state index is 0.0342. The first-order chi connectivity index (χ1) is 16.1. The summed E-state index contributed by atoms with van der Waals surface area (Å²) in [4.78, 5) is 12.5. The van der Waals surface area contributed by atoms with E-state index in [0.29, 0.717) is 24.3 Å². The lowest BCUT2D eigenvalue weighted by Crippen LogP contribution is -2.41. The van der Waals surface area contributed by atoms with Crippen molar-refractivity contribution in [2.24, 2.45) is 5.10 Å². The predicted octanol–water partition coefficient (Wildman–Crippen LogP) is 3.04. The maximum absolute atomic E-state index is 12.5. The van der Waals surface area contributed by atoms with Crippen molar-refractivity contribution in [3.8, 4) is 17.2 Å². The number of carbonyl (C=O) groups is 1. The van der Waals surface area contributed by atoms with Gasteiger partial charge in [0.15, 0.2) is 11.5 Å². The zero-order valence-corrected chi connectivity index (χ0v) is 18.2. The quantitative estimate of drug-likeness (QED) is 0.313. The van der Waals surface area contributed by atoms with Gasteiger partial charge in [-0.3, -0.25) is 4.79 Å². The average molecular weight is 447 g/mol. The van der Waals surface area contributed by atoms with E-state index in [0.717, 1.165) is 16.9 Å². The van der Waals surface area contributed by atoms with Gasteiger partial charge in [-0.1, -0.05) is 48.5 Å². The Labute approximate surface area is 192 Å². The number of nitrogens with one attached hydrogen (secondary N) is 3. The van der Waals surface area contributed by atoms with E-state index in [-0.39, 0.29) is 17.7 Å². The van der Waals surface area contributed by atoms with Gasteiger partial charge in [-0.2, -0.15) is 5.10 Å². The first-order valence-corrected chi connectivity index (χ1v) is 10.6. The maximum atomic E-state index is 12.5. The number of rotatable bonds is 8. The van der Waals surface area contributed by atoms with Gasteiger partial charge in [0.1, 0.15) is 18.4 Å². The number of carbonyl (C=O) groups excluding carboxylic acids is 1. The molecular weight excluding hydrogens is 420 g/mol. The molecular formula is C25H26N4O4. The number of methoxy groups -OCH3 is 1. The van der Waals surface area contributed by atoms with Crippen LogP contribution in [0.3, 0.4) is 0 Å². The molecule has 0 saturated carbocycles. The molecule has 3 aromatic rings. The Morgan fingerprint density at radius 2 is 1.94 bits per heavy atom. The van der Waals surface area contributed by atoms with E-state index >= 15 is 0 Å². The molecule has 8 nitrogen and oxygen atoms in total. The number of hydrogen-bond acceptors (Lipinski definition) is 7. The van der Waals surface area contributed by atoms with Gasteiger partial charge in [0.05, 0.1) is 13.3 Å². The number of amides is 1. The molecule has 170 valence electrons. The Balaban J connectivity index is 1.31. The monoisotopic (exact) mass is 446 g/mol. The Morgan fingerprint density at radius 3 is 2.76 bits per heavy atom. The molecule has 1 aliphatic rings. The number of ether oxygens (including phenoxy) is 2. The molecule has 1 saturated heterocycles. The van der Waals surface area contributed by atoms with Crippen molar-refractivity contribution < 1.29 is 19.4 Å². The van der Waals surface area contributed by atoms with E-state index < -0.39 is 6.04 Å².